The number of amides is 1. The number of ether oxygens (including phenoxy) is 3. The van der Waals surface area contributed by atoms with Crippen LogP contribution in [0, 0.1) is 18.3 Å². The van der Waals surface area contributed by atoms with Gasteiger partial charge in [-0.15, -0.1) is 0 Å². The van der Waals surface area contributed by atoms with Crippen molar-refractivity contribution in [1.82, 2.24) is 9.88 Å². The van der Waals surface area contributed by atoms with Crippen molar-refractivity contribution in [3.05, 3.63) is 23.5 Å². The van der Waals surface area contributed by atoms with Gasteiger partial charge in [-0.3, -0.25) is 0 Å². The zero-order valence-corrected chi connectivity index (χ0v) is 17.6. The molecule has 158 valence electrons. The second-order valence-electron chi connectivity index (χ2n) is 8.16. The number of aromatic nitrogens is 1. The van der Waals surface area contributed by atoms with E-state index < -0.39 is 0 Å². The number of carbonyl (C=O) groups excluding carboxylic acids is 1. The molecule has 0 N–H and O–H groups in total. The lowest BCUT2D eigenvalue weighted by Gasteiger charge is -2.36. The van der Waals surface area contributed by atoms with Crippen LogP contribution in [0.1, 0.15) is 63.8 Å². The highest BCUT2D eigenvalue weighted by molar-refractivity contribution is 5.67. The Bertz CT molecular complexity index is 730. The van der Waals surface area contributed by atoms with E-state index in [0.717, 1.165) is 50.0 Å². The Morgan fingerprint density at radius 2 is 1.72 bits per heavy atom. The molecule has 0 atom stereocenters. The van der Waals surface area contributed by atoms with E-state index in [9.17, 15) is 4.79 Å². The number of hydrogen-bond acceptors (Lipinski definition) is 6. The van der Waals surface area contributed by atoms with Gasteiger partial charge >= 0.3 is 6.09 Å². The lowest BCUT2D eigenvalue weighted by molar-refractivity contribution is -0.0657. The Hall–Kier alpha value is -2.33. The minimum Gasteiger partial charge on any atom is -0.489 e. The van der Waals surface area contributed by atoms with E-state index in [1.807, 2.05) is 32.9 Å². The predicted molar refractivity (Wildman–Crippen MR) is 108 cm³/mol. The largest absolute Gasteiger partial charge is 0.489 e. The molecule has 1 saturated carbocycles. The van der Waals surface area contributed by atoms with Crippen LogP contribution in [-0.4, -0.2) is 53.5 Å². The number of rotatable bonds is 5. The van der Waals surface area contributed by atoms with Crippen molar-refractivity contribution in [2.45, 2.75) is 83.7 Å². The van der Waals surface area contributed by atoms with Gasteiger partial charge < -0.3 is 19.1 Å². The first-order valence-corrected chi connectivity index (χ1v) is 10.6. The van der Waals surface area contributed by atoms with Crippen molar-refractivity contribution in [3.8, 4) is 11.8 Å². The van der Waals surface area contributed by atoms with Gasteiger partial charge in [0.2, 0.25) is 0 Å². The summed E-state index contributed by atoms with van der Waals surface area (Å²) in [6.07, 6.45) is 5.90. The van der Waals surface area contributed by atoms with Gasteiger partial charge in [0.25, 0.3) is 0 Å². The molecule has 2 fully saturated rings. The first-order valence-electron chi connectivity index (χ1n) is 10.6. The van der Waals surface area contributed by atoms with Gasteiger partial charge in [-0.1, -0.05) is 0 Å². The van der Waals surface area contributed by atoms with Crippen molar-refractivity contribution in [2.24, 2.45) is 0 Å². The number of piperidine rings is 1. The average Bonchev–Trinajstić information content (AvgIpc) is 2.71. The van der Waals surface area contributed by atoms with E-state index in [-0.39, 0.29) is 30.5 Å². The van der Waals surface area contributed by atoms with Crippen LogP contribution in [0.4, 0.5) is 4.79 Å². The molecule has 1 aromatic heterocycles. The maximum Gasteiger partial charge on any atom is 0.410 e. The number of aryl methyl sites for hydroxylation is 1. The molecule has 0 bridgehead atoms. The number of likely N-dealkylation sites (tertiary alicyclic amines) is 1. The van der Waals surface area contributed by atoms with E-state index in [1.165, 1.54) is 0 Å². The van der Waals surface area contributed by atoms with Crippen molar-refractivity contribution in [1.29, 1.82) is 5.26 Å². The molecular formula is C22H31N3O4. The molecule has 1 amide bonds. The Labute approximate surface area is 172 Å². The number of carbonyl (C=O) groups is 1. The first-order chi connectivity index (χ1) is 13.9. The zero-order chi connectivity index (χ0) is 20.8. The van der Waals surface area contributed by atoms with Crippen LogP contribution in [0.3, 0.4) is 0 Å². The number of nitriles is 1. The van der Waals surface area contributed by atoms with E-state index in [0.29, 0.717) is 18.8 Å². The van der Waals surface area contributed by atoms with E-state index in [1.54, 1.807) is 11.0 Å². The van der Waals surface area contributed by atoms with Crippen molar-refractivity contribution < 1.29 is 19.0 Å². The number of pyridine rings is 1. The summed E-state index contributed by atoms with van der Waals surface area (Å²) in [5.41, 5.74) is 1.17. The lowest BCUT2D eigenvalue weighted by Crippen LogP contribution is -2.43. The van der Waals surface area contributed by atoms with Crippen LogP contribution >= 0.6 is 0 Å². The second kappa shape index (κ2) is 9.93. The highest BCUT2D eigenvalue weighted by Gasteiger charge is 2.29. The molecule has 2 heterocycles. The summed E-state index contributed by atoms with van der Waals surface area (Å²) in [6, 6.07) is 5.58. The smallest absolute Gasteiger partial charge is 0.410 e. The molecule has 1 saturated heterocycles. The van der Waals surface area contributed by atoms with Gasteiger partial charge in [0, 0.05) is 13.1 Å². The summed E-state index contributed by atoms with van der Waals surface area (Å²) in [6.45, 7) is 6.99. The van der Waals surface area contributed by atoms with Gasteiger partial charge in [-0.25, -0.2) is 9.78 Å². The van der Waals surface area contributed by atoms with Crippen LogP contribution < -0.4 is 4.74 Å². The minimum absolute atomic E-state index is 0.0854. The third-order valence-corrected chi connectivity index (χ3v) is 5.49. The van der Waals surface area contributed by atoms with Crippen LogP contribution in [0.25, 0.3) is 0 Å². The molecule has 7 nitrogen and oxygen atoms in total. The fourth-order valence-corrected chi connectivity index (χ4v) is 3.92. The molecule has 0 aromatic carbocycles. The second-order valence-corrected chi connectivity index (χ2v) is 8.16. The Morgan fingerprint density at radius 3 is 2.31 bits per heavy atom. The van der Waals surface area contributed by atoms with E-state index in [2.05, 4.69) is 4.98 Å². The molecule has 1 aliphatic carbocycles. The quantitative estimate of drug-likeness (QED) is 0.742. The minimum atomic E-state index is -0.219. The van der Waals surface area contributed by atoms with Gasteiger partial charge in [-0.2, -0.15) is 5.26 Å². The highest BCUT2D eigenvalue weighted by atomic mass is 16.6. The molecule has 0 spiro atoms. The van der Waals surface area contributed by atoms with Gasteiger partial charge in [0.15, 0.2) is 0 Å². The van der Waals surface area contributed by atoms with E-state index >= 15 is 0 Å². The molecule has 2 aliphatic rings. The van der Waals surface area contributed by atoms with E-state index in [4.69, 9.17) is 19.5 Å². The summed E-state index contributed by atoms with van der Waals surface area (Å²) >= 11 is 0. The van der Waals surface area contributed by atoms with Gasteiger partial charge in [0.05, 0.1) is 30.1 Å². The van der Waals surface area contributed by atoms with Crippen molar-refractivity contribution in [3.63, 3.8) is 0 Å². The summed E-state index contributed by atoms with van der Waals surface area (Å²) in [4.78, 5) is 18.0. The fourth-order valence-electron chi connectivity index (χ4n) is 3.92. The summed E-state index contributed by atoms with van der Waals surface area (Å²) in [5, 5.41) is 8.92. The fraction of sp³-hybridized carbons (Fsp3) is 0.682. The Kier molecular flexibility index (Phi) is 7.32. The summed E-state index contributed by atoms with van der Waals surface area (Å²) < 4.78 is 17.7. The number of nitrogens with zero attached hydrogens (tertiary/aromatic N) is 3. The molecule has 29 heavy (non-hydrogen) atoms. The number of hydrogen-bond donors (Lipinski definition) is 0. The van der Waals surface area contributed by atoms with Crippen LogP contribution in [0.5, 0.6) is 5.75 Å². The van der Waals surface area contributed by atoms with Gasteiger partial charge in [-0.05, 0) is 71.4 Å². The predicted octanol–water partition coefficient (Wildman–Crippen LogP) is 3.98. The van der Waals surface area contributed by atoms with Crippen LogP contribution in [0.2, 0.25) is 0 Å². The Balaban J connectivity index is 1.38. The lowest BCUT2D eigenvalue weighted by atomic mass is 9.94. The standard InChI is InChI=1S/C22H31N3O4/c1-15(2)27-22(26)25-12-10-20(11-13-25)28-18-5-7-19(8-6-18)29-21-9-4-17(14-23)24-16(21)3/h4,9,15,18-20H,5-8,10-13H2,1-3H3/t18-,19-. The summed E-state index contributed by atoms with van der Waals surface area (Å²) in [5.74, 6) is 0.758. The van der Waals surface area contributed by atoms with Crippen molar-refractivity contribution in [2.75, 3.05) is 13.1 Å². The van der Waals surface area contributed by atoms with Gasteiger partial charge in [0.1, 0.15) is 17.5 Å². The average molecular weight is 402 g/mol. The Morgan fingerprint density at radius 1 is 1.10 bits per heavy atom. The maximum absolute atomic E-state index is 12.0. The van der Waals surface area contributed by atoms with Crippen LogP contribution in [0.15, 0.2) is 12.1 Å². The molecule has 1 aliphatic heterocycles. The topological polar surface area (TPSA) is 84.7 Å². The third kappa shape index (κ3) is 6.07. The summed E-state index contributed by atoms with van der Waals surface area (Å²) in [7, 11) is 0. The SMILES string of the molecule is Cc1nc(C#N)ccc1O[C@H]1CC[C@H](OC2CCN(C(=O)OC(C)C)CC2)CC1. The molecule has 0 radical (unpaired) electrons. The zero-order valence-electron chi connectivity index (χ0n) is 17.6. The highest BCUT2D eigenvalue weighted by Crippen LogP contribution is 2.29. The monoisotopic (exact) mass is 401 g/mol. The van der Waals surface area contributed by atoms with Crippen LogP contribution in [-0.2, 0) is 9.47 Å². The molecule has 7 heteroatoms. The van der Waals surface area contributed by atoms with Crippen molar-refractivity contribution >= 4 is 6.09 Å². The maximum atomic E-state index is 12.0. The first kappa shape index (κ1) is 21.4. The third-order valence-electron chi connectivity index (χ3n) is 5.49. The molecule has 0 unspecified atom stereocenters. The molecule has 3 rings (SSSR count). The normalized spacial score (nSPS) is 22.9. The molecule has 1 aromatic rings. The molecular weight excluding hydrogens is 370 g/mol.